The molecule has 18 heteroatoms. The van der Waals surface area contributed by atoms with Gasteiger partial charge in [-0.15, -0.1) is 20.4 Å². The minimum absolute atomic E-state index is 0.0485. The summed E-state index contributed by atoms with van der Waals surface area (Å²) in [7, 11) is 0. The SMILES string of the molecule is Cc1coc2c(-c3nnc(N4C(=N)S/C(=C\c5cccc(Br)c5)C4=O)s3)cc(Cc3cc(-c4nnc(N5C(=N)S/C(=C\c6cccc(Br)c6)C5=O)s4)c4occ(C)c4c3)cc12. The number of carbonyl (C=O) groups is 2. The summed E-state index contributed by atoms with van der Waals surface area (Å²) in [5.41, 5.74) is 8.28. The number of aromatic nitrogens is 4. The molecule has 0 unspecified atom stereocenters. The summed E-state index contributed by atoms with van der Waals surface area (Å²) in [4.78, 5) is 30.6. The van der Waals surface area contributed by atoms with E-state index in [0.29, 0.717) is 47.7 Å². The van der Waals surface area contributed by atoms with E-state index in [0.717, 1.165) is 87.7 Å². The number of amidine groups is 2. The minimum Gasteiger partial charge on any atom is -0.463 e. The van der Waals surface area contributed by atoms with Gasteiger partial charge in [0, 0.05) is 19.7 Å². The van der Waals surface area contributed by atoms with Crippen molar-refractivity contribution in [1.82, 2.24) is 20.4 Å². The number of hydrogen-bond acceptors (Lipinski definition) is 14. The summed E-state index contributed by atoms with van der Waals surface area (Å²) in [6.45, 7) is 3.97. The molecule has 8 aromatic rings. The number of aryl methyl sites for hydroxylation is 2. The first kappa shape index (κ1) is 39.6. The van der Waals surface area contributed by atoms with Gasteiger partial charge in [0.2, 0.25) is 10.3 Å². The number of nitrogens with zero attached hydrogens (tertiary/aromatic N) is 6. The van der Waals surface area contributed by atoms with Crippen molar-refractivity contribution in [2.75, 3.05) is 9.80 Å². The zero-order chi connectivity index (χ0) is 42.1. The van der Waals surface area contributed by atoms with E-state index in [4.69, 9.17) is 19.7 Å². The van der Waals surface area contributed by atoms with Crippen LogP contribution in [0.5, 0.6) is 0 Å². The first-order valence-electron chi connectivity index (χ1n) is 18.3. The van der Waals surface area contributed by atoms with Crippen molar-refractivity contribution >= 4 is 145 Å². The molecule has 61 heavy (non-hydrogen) atoms. The second kappa shape index (κ2) is 15.8. The lowest BCUT2D eigenvalue weighted by molar-refractivity contribution is -0.114. The van der Waals surface area contributed by atoms with Crippen LogP contribution in [0.25, 0.3) is 55.2 Å². The van der Waals surface area contributed by atoms with E-state index in [1.807, 2.05) is 74.5 Å². The van der Waals surface area contributed by atoms with Crippen LogP contribution in [0.4, 0.5) is 10.3 Å². The van der Waals surface area contributed by atoms with Crippen LogP contribution in [0, 0.1) is 24.7 Å². The van der Waals surface area contributed by atoms with Crippen LogP contribution < -0.4 is 9.80 Å². The third-order valence-corrected chi connectivity index (χ3v) is 14.5. The van der Waals surface area contributed by atoms with Crippen LogP contribution in [0.1, 0.15) is 33.4 Å². The molecule has 0 aliphatic carbocycles. The molecule has 4 aromatic carbocycles. The predicted molar refractivity (Wildman–Crippen MR) is 252 cm³/mol. The second-order valence-corrected chi connectivity index (χ2v) is 19.9. The number of thioether (sulfide) groups is 2. The van der Waals surface area contributed by atoms with E-state index in [9.17, 15) is 9.59 Å². The van der Waals surface area contributed by atoms with Crippen molar-refractivity contribution in [2.24, 2.45) is 0 Å². The number of nitrogens with one attached hydrogen (secondary N) is 2. The van der Waals surface area contributed by atoms with Crippen molar-refractivity contribution in [1.29, 1.82) is 10.8 Å². The third kappa shape index (κ3) is 7.40. The van der Waals surface area contributed by atoms with Crippen molar-refractivity contribution in [2.45, 2.75) is 20.3 Å². The normalized spacial score (nSPS) is 15.9. The highest BCUT2D eigenvalue weighted by Gasteiger charge is 2.37. The Hall–Kier alpha value is -5.50. The van der Waals surface area contributed by atoms with Crippen LogP contribution in [-0.2, 0) is 16.0 Å². The first-order valence-corrected chi connectivity index (χ1v) is 23.2. The predicted octanol–water partition coefficient (Wildman–Crippen LogP) is 12.1. The van der Waals surface area contributed by atoms with Crippen LogP contribution >= 0.6 is 78.1 Å². The summed E-state index contributed by atoms with van der Waals surface area (Å²) < 4.78 is 13.9. The fourth-order valence-corrected chi connectivity index (χ4v) is 11.4. The Morgan fingerprint density at radius 1 is 0.639 bits per heavy atom. The Bertz CT molecular complexity index is 3040. The Morgan fingerprint density at radius 3 is 1.51 bits per heavy atom. The zero-order valence-corrected chi connectivity index (χ0v) is 38.1. The summed E-state index contributed by atoms with van der Waals surface area (Å²) >= 11 is 11.6. The fourth-order valence-electron chi connectivity index (χ4n) is 7.04. The van der Waals surface area contributed by atoms with Gasteiger partial charge in [-0.1, -0.05) is 78.8 Å². The first-order chi connectivity index (χ1) is 29.5. The van der Waals surface area contributed by atoms with Crippen molar-refractivity contribution in [3.63, 3.8) is 0 Å². The van der Waals surface area contributed by atoms with Gasteiger partial charge in [0.15, 0.2) is 20.4 Å². The van der Waals surface area contributed by atoms with E-state index in [1.54, 1.807) is 24.7 Å². The lowest BCUT2D eigenvalue weighted by Gasteiger charge is -2.09. The Balaban J connectivity index is 0.963. The number of amides is 2. The van der Waals surface area contributed by atoms with Crippen LogP contribution in [-0.4, -0.2) is 42.5 Å². The van der Waals surface area contributed by atoms with Gasteiger partial charge < -0.3 is 8.83 Å². The highest BCUT2D eigenvalue weighted by molar-refractivity contribution is 9.10. The van der Waals surface area contributed by atoms with Gasteiger partial charge in [-0.05, 0) is 138 Å². The molecular weight excluding hydrogens is 981 g/mol. The molecule has 2 fully saturated rings. The minimum atomic E-state index is -0.337. The molecule has 2 aliphatic heterocycles. The highest BCUT2D eigenvalue weighted by Crippen LogP contribution is 2.43. The Morgan fingerprint density at radius 2 is 1.08 bits per heavy atom. The molecule has 6 heterocycles. The number of carbonyl (C=O) groups excluding carboxylic acids is 2. The van der Waals surface area contributed by atoms with Gasteiger partial charge in [0.25, 0.3) is 11.8 Å². The molecule has 2 saturated heterocycles. The van der Waals surface area contributed by atoms with E-state index in [-0.39, 0.29) is 22.1 Å². The Labute approximate surface area is 380 Å². The molecule has 0 bridgehead atoms. The van der Waals surface area contributed by atoms with Gasteiger partial charge in [-0.2, -0.15) is 0 Å². The van der Waals surface area contributed by atoms with Crippen LogP contribution in [0.2, 0.25) is 0 Å². The third-order valence-electron chi connectivity index (χ3n) is 9.87. The summed E-state index contributed by atoms with van der Waals surface area (Å²) in [6.07, 6.45) is 7.48. The maximum absolute atomic E-state index is 13.6. The van der Waals surface area contributed by atoms with E-state index >= 15 is 0 Å². The molecule has 300 valence electrons. The molecule has 2 N–H and O–H groups in total. The molecular formula is C43H26Br2N8O4S4. The highest BCUT2D eigenvalue weighted by atomic mass is 79.9. The van der Waals surface area contributed by atoms with Gasteiger partial charge in [-0.25, -0.2) is 9.80 Å². The standard InChI is InChI=1S/C43H26Br2N8O4S4/c1-20-18-56-34-28(20)12-24(14-30(34)36-48-50-42(60-36)52-38(54)32(58-40(52)46)16-22-5-3-7-26(44)10-22)9-25-13-29-21(2)19-57-35(29)31(15-25)37-49-51-43(61-37)53-39(55)33(59-41(53)47)17-23-6-4-8-27(45)11-23/h3-8,10-19,46-47H,9H2,1-2H3/b32-16-,33-17-,46-40?,47-41?. The van der Waals surface area contributed by atoms with Gasteiger partial charge >= 0.3 is 0 Å². The molecule has 2 aliphatic rings. The van der Waals surface area contributed by atoms with Crippen molar-refractivity contribution in [3.05, 3.63) is 137 Å². The molecule has 0 saturated carbocycles. The topological polar surface area (TPSA) is 166 Å². The second-order valence-electron chi connectivity index (χ2n) is 14.1. The average Bonchev–Trinajstić information content (AvgIpc) is 4.10. The summed E-state index contributed by atoms with van der Waals surface area (Å²) in [5.74, 6) is -0.674. The Kier molecular flexibility index (Phi) is 10.2. The lowest BCUT2D eigenvalue weighted by atomic mass is 9.97. The van der Waals surface area contributed by atoms with E-state index in [2.05, 4.69) is 64.4 Å². The number of hydrogen-bond donors (Lipinski definition) is 2. The molecule has 0 spiro atoms. The largest absolute Gasteiger partial charge is 0.463 e. The van der Waals surface area contributed by atoms with Crippen molar-refractivity contribution < 1.29 is 18.4 Å². The quantitative estimate of drug-likeness (QED) is 0.140. The maximum Gasteiger partial charge on any atom is 0.273 e. The van der Waals surface area contributed by atoms with Gasteiger partial charge in [-0.3, -0.25) is 20.4 Å². The maximum atomic E-state index is 13.6. The summed E-state index contributed by atoms with van der Waals surface area (Å²) in [5, 5.41) is 38.7. The molecule has 4 aromatic heterocycles. The molecule has 0 atom stereocenters. The average molecular weight is 1010 g/mol. The lowest BCUT2D eigenvalue weighted by Crippen LogP contribution is -2.27. The summed E-state index contributed by atoms with van der Waals surface area (Å²) in [6, 6.07) is 23.5. The number of benzene rings is 4. The smallest absolute Gasteiger partial charge is 0.273 e. The van der Waals surface area contributed by atoms with Crippen molar-refractivity contribution in [3.8, 4) is 21.1 Å². The van der Waals surface area contributed by atoms with E-state index in [1.165, 1.54) is 32.5 Å². The van der Waals surface area contributed by atoms with Gasteiger partial charge in [0.05, 0.1) is 33.5 Å². The van der Waals surface area contributed by atoms with Crippen LogP contribution in [0.3, 0.4) is 0 Å². The number of rotatable bonds is 8. The van der Waals surface area contributed by atoms with Gasteiger partial charge in [0.1, 0.15) is 11.2 Å². The van der Waals surface area contributed by atoms with Crippen LogP contribution in [0.15, 0.2) is 113 Å². The zero-order valence-electron chi connectivity index (χ0n) is 31.6. The number of halogens is 2. The number of fused-ring (bicyclic) bond motifs is 2. The molecule has 12 nitrogen and oxygen atoms in total. The molecule has 2 amide bonds. The fraction of sp³-hybridized carbons (Fsp3) is 0.0698. The molecule has 0 radical (unpaired) electrons. The number of anilines is 2. The number of furan rings is 2. The van der Waals surface area contributed by atoms with E-state index < -0.39 is 0 Å². The molecule has 10 rings (SSSR count). The monoisotopic (exact) mass is 1000 g/mol.